The quantitative estimate of drug-likeness (QED) is 0.153. The fourth-order valence-corrected chi connectivity index (χ4v) is 6.85. The summed E-state index contributed by atoms with van der Waals surface area (Å²) < 4.78 is 1.06. The van der Waals surface area contributed by atoms with Crippen molar-refractivity contribution in [3.8, 4) is 11.3 Å². The lowest BCUT2D eigenvalue weighted by atomic mass is 9.82. The molecular weight excluding hydrogens is 600 g/mol. The van der Waals surface area contributed by atoms with Gasteiger partial charge in [-0.15, -0.1) is 0 Å². The Morgan fingerprint density at radius 2 is 1.63 bits per heavy atom. The summed E-state index contributed by atoms with van der Waals surface area (Å²) in [6, 6.07) is 28.5. The smallest absolute Gasteiger partial charge is 0.256 e. The first kappa shape index (κ1) is 29.5. The molecule has 1 aromatic heterocycles. The van der Waals surface area contributed by atoms with Crippen LogP contribution in [0.3, 0.4) is 0 Å². The third-order valence-corrected chi connectivity index (χ3v) is 9.74. The van der Waals surface area contributed by atoms with Crippen molar-refractivity contribution in [3.63, 3.8) is 0 Å². The maximum atomic E-state index is 14.0. The molecule has 43 heavy (non-hydrogen) atoms. The number of benzene rings is 3. The summed E-state index contributed by atoms with van der Waals surface area (Å²) in [4.78, 5) is 29.2. The molecular formula is C36H39BrN4O2. The number of nitrogens with zero attached hydrogens (tertiary/aromatic N) is 4. The molecule has 7 heteroatoms. The van der Waals surface area contributed by atoms with Crippen LogP contribution in [0, 0.1) is 5.92 Å². The van der Waals surface area contributed by atoms with E-state index < -0.39 is 0 Å². The van der Waals surface area contributed by atoms with Crippen LogP contribution in [-0.4, -0.2) is 64.7 Å². The van der Waals surface area contributed by atoms with Crippen molar-refractivity contribution in [2.75, 3.05) is 32.8 Å². The third-order valence-electron chi connectivity index (χ3n) is 9.21. The summed E-state index contributed by atoms with van der Waals surface area (Å²) in [5.41, 5.74) is 5.57. The number of rotatable bonds is 7. The molecule has 2 fully saturated rings. The summed E-state index contributed by atoms with van der Waals surface area (Å²) in [5.74, 6) is 0.440. The highest BCUT2D eigenvalue weighted by atomic mass is 79.9. The van der Waals surface area contributed by atoms with Gasteiger partial charge in [0.25, 0.3) is 5.91 Å². The van der Waals surface area contributed by atoms with Crippen molar-refractivity contribution >= 4 is 38.5 Å². The van der Waals surface area contributed by atoms with E-state index in [4.69, 9.17) is 9.82 Å². The van der Waals surface area contributed by atoms with Crippen LogP contribution in [0.2, 0.25) is 0 Å². The number of oxime groups is 1. The van der Waals surface area contributed by atoms with Crippen LogP contribution in [0.4, 0.5) is 0 Å². The second-order valence-corrected chi connectivity index (χ2v) is 12.8. The van der Waals surface area contributed by atoms with Gasteiger partial charge < -0.3 is 9.74 Å². The Labute approximate surface area is 262 Å². The van der Waals surface area contributed by atoms with Crippen molar-refractivity contribution in [3.05, 3.63) is 101 Å². The first-order chi connectivity index (χ1) is 20.9. The number of hydrogen-bond acceptors (Lipinski definition) is 5. The number of likely N-dealkylation sites (tertiary alicyclic amines) is 2. The van der Waals surface area contributed by atoms with Gasteiger partial charge in [-0.3, -0.25) is 9.69 Å². The fraction of sp³-hybridized carbons (Fsp3) is 0.361. The molecule has 3 heterocycles. The van der Waals surface area contributed by atoms with Crippen LogP contribution in [-0.2, 0) is 4.84 Å². The molecule has 3 aromatic carbocycles. The number of fused-ring (bicyclic) bond motifs is 1. The highest BCUT2D eigenvalue weighted by Crippen LogP contribution is 2.35. The van der Waals surface area contributed by atoms with Gasteiger partial charge in [0, 0.05) is 40.0 Å². The number of amides is 1. The predicted molar refractivity (Wildman–Crippen MR) is 177 cm³/mol. The standard InChI is InChI=1S/C36H39BrN4O2/c1-3-43-39-33(27-13-15-30(37)16-14-27)28-17-21-41(22-18-28)36(2)19-23-40(24-20-36)35(42)31-25-29-11-7-8-12-32(29)38-34(31)26-9-5-4-6-10-26/h4-16,25,28H,3,17-24H2,1-2H3. The molecule has 0 aliphatic carbocycles. The number of pyridine rings is 1. The first-order valence-corrected chi connectivity index (χ1v) is 16.2. The van der Waals surface area contributed by atoms with Crippen molar-refractivity contribution in [2.24, 2.45) is 11.1 Å². The first-order valence-electron chi connectivity index (χ1n) is 15.4. The van der Waals surface area contributed by atoms with Gasteiger partial charge in [0.2, 0.25) is 0 Å². The van der Waals surface area contributed by atoms with Crippen molar-refractivity contribution in [1.29, 1.82) is 0 Å². The number of aromatic nitrogens is 1. The second kappa shape index (κ2) is 13.0. The predicted octanol–water partition coefficient (Wildman–Crippen LogP) is 7.81. The maximum absolute atomic E-state index is 14.0. The summed E-state index contributed by atoms with van der Waals surface area (Å²) in [6.07, 6.45) is 4.00. The van der Waals surface area contributed by atoms with Crippen LogP contribution in [0.1, 0.15) is 55.5 Å². The Hall–Kier alpha value is -3.55. The minimum absolute atomic E-state index is 0.0699. The number of para-hydroxylation sites is 1. The van der Waals surface area contributed by atoms with Gasteiger partial charge in [-0.05, 0) is 82.4 Å². The lowest BCUT2D eigenvalue weighted by Gasteiger charge is -2.49. The zero-order valence-electron chi connectivity index (χ0n) is 25.0. The van der Waals surface area contributed by atoms with Gasteiger partial charge in [-0.2, -0.15) is 0 Å². The Bertz CT molecular complexity index is 1590. The van der Waals surface area contributed by atoms with E-state index in [0.717, 1.165) is 89.8 Å². The summed E-state index contributed by atoms with van der Waals surface area (Å²) in [5, 5.41) is 5.55. The molecule has 6 rings (SSSR count). The third kappa shape index (κ3) is 6.38. The molecule has 0 radical (unpaired) electrons. The van der Waals surface area contributed by atoms with Crippen molar-refractivity contribution in [2.45, 2.75) is 45.1 Å². The van der Waals surface area contributed by atoms with Crippen molar-refractivity contribution < 1.29 is 9.63 Å². The molecule has 4 aromatic rings. The van der Waals surface area contributed by atoms with Crippen LogP contribution in [0.25, 0.3) is 22.2 Å². The van der Waals surface area contributed by atoms with Gasteiger partial charge in [0.05, 0.1) is 22.5 Å². The lowest BCUT2D eigenvalue weighted by Crippen LogP contribution is -2.56. The van der Waals surface area contributed by atoms with E-state index in [2.05, 4.69) is 57.2 Å². The highest BCUT2D eigenvalue weighted by Gasteiger charge is 2.39. The highest BCUT2D eigenvalue weighted by molar-refractivity contribution is 9.10. The summed E-state index contributed by atoms with van der Waals surface area (Å²) in [6.45, 7) is 8.44. The second-order valence-electron chi connectivity index (χ2n) is 11.9. The molecule has 2 saturated heterocycles. The summed E-state index contributed by atoms with van der Waals surface area (Å²) in [7, 11) is 0. The number of carbonyl (C=O) groups is 1. The van der Waals surface area contributed by atoms with Gasteiger partial charge in [0.15, 0.2) is 0 Å². The minimum atomic E-state index is 0.0699. The van der Waals surface area contributed by atoms with E-state index in [1.165, 1.54) is 0 Å². The topological polar surface area (TPSA) is 58.0 Å². The molecule has 0 bridgehead atoms. The number of piperidine rings is 2. The molecule has 1 amide bonds. The Kier molecular flexibility index (Phi) is 8.91. The molecule has 0 atom stereocenters. The van der Waals surface area contributed by atoms with Crippen molar-refractivity contribution in [1.82, 2.24) is 14.8 Å². The van der Waals surface area contributed by atoms with Gasteiger partial charge >= 0.3 is 0 Å². The molecule has 0 N–H and O–H groups in total. The van der Waals surface area contributed by atoms with Crippen LogP contribution < -0.4 is 0 Å². The molecule has 0 spiro atoms. The normalized spacial score (nSPS) is 18.1. The number of hydrogen-bond donors (Lipinski definition) is 0. The zero-order valence-corrected chi connectivity index (χ0v) is 26.6. The van der Waals surface area contributed by atoms with E-state index in [1.807, 2.05) is 72.5 Å². The zero-order chi connectivity index (χ0) is 29.8. The molecule has 6 nitrogen and oxygen atoms in total. The van der Waals surface area contributed by atoms with E-state index in [0.29, 0.717) is 18.1 Å². The summed E-state index contributed by atoms with van der Waals surface area (Å²) >= 11 is 3.55. The molecule has 2 aliphatic rings. The van der Waals surface area contributed by atoms with Gasteiger partial charge in [0.1, 0.15) is 6.61 Å². The fourth-order valence-electron chi connectivity index (χ4n) is 6.58. The largest absolute Gasteiger partial charge is 0.396 e. The SMILES string of the molecule is CCON=C(c1ccc(Br)cc1)C1CCN(C2(C)CCN(C(=O)c3cc4ccccc4nc3-c3ccccc3)CC2)CC1. The van der Waals surface area contributed by atoms with Crippen LogP contribution in [0.15, 0.2) is 94.6 Å². The van der Waals surface area contributed by atoms with Gasteiger partial charge in [-0.25, -0.2) is 4.98 Å². The van der Waals surface area contributed by atoms with E-state index in [-0.39, 0.29) is 11.4 Å². The average molecular weight is 640 g/mol. The molecule has 2 aliphatic heterocycles. The molecule has 222 valence electrons. The monoisotopic (exact) mass is 638 g/mol. The number of carbonyl (C=O) groups excluding carboxylic acids is 1. The van der Waals surface area contributed by atoms with Crippen LogP contribution >= 0.6 is 15.9 Å². The van der Waals surface area contributed by atoms with E-state index in [9.17, 15) is 4.79 Å². The Balaban J connectivity index is 1.14. The van der Waals surface area contributed by atoms with Crippen LogP contribution in [0.5, 0.6) is 0 Å². The number of halogens is 1. The van der Waals surface area contributed by atoms with E-state index in [1.54, 1.807) is 0 Å². The molecule has 0 saturated carbocycles. The minimum Gasteiger partial charge on any atom is -0.396 e. The Morgan fingerprint density at radius 3 is 2.33 bits per heavy atom. The molecule has 0 unspecified atom stereocenters. The van der Waals surface area contributed by atoms with Gasteiger partial charge in [-0.1, -0.05) is 81.7 Å². The average Bonchev–Trinajstić information content (AvgIpc) is 3.06. The Morgan fingerprint density at radius 1 is 0.953 bits per heavy atom. The lowest BCUT2D eigenvalue weighted by molar-refractivity contribution is 0.0162. The van der Waals surface area contributed by atoms with E-state index >= 15 is 0 Å². The maximum Gasteiger partial charge on any atom is 0.256 e.